The summed E-state index contributed by atoms with van der Waals surface area (Å²) in [6, 6.07) is 19.9. The standard InChI is InChI=1S/C26H21FN4O4S2/c1-35-22-12-5-3-10-20(22)29-24(32)16-36-26-28-14-23-25(30-26)19-9-2-4-11-21(19)31(37(23,33)34)15-17-7-6-8-18(27)13-17/h2-14H,15-16H2,1H3,(H,29,32). The first-order valence-corrected chi connectivity index (χ1v) is 13.6. The van der Waals surface area contributed by atoms with Crippen molar-refractivity contribution in [3.05, 3.63) is 90.4 Å². The van der Waals surface area contributed by atoms with Crippen molar-refractivity contribution in [2.45, 2.75) is 16.6 Å². The van der Waals surface area contributed by atoms with Crippen LogP contribution in [0.15, 0.2) is 89.0 Å². The molecule has 188 valence electrons. The number of nitrogens with zero attached hydrogens (tertiary/aromatic N) is 3. The Morgan fingerprint density at radius 2 is 1.86 bits per heavy atom. The second-order valence-electron chi connectivity index (χ2n) is 8.06. The van der Waals surface area contributed by atoms with Crippen molar-refractivity contribution in [3.8, 4) is 17.0 Å². The van der Waals surface area contributed by atoms with Gasteiger partial charge in [-0.05, 0) is 35.9 Å². The van der Waals surface area contributed by atoms with Gasteiger partial charge in [0.25, 0.3) is 10.0 Å². The molecular formula is C26H21FN4O4S2. The number of halogens is 1. The number of hydrogen-bond acceptors (Lipinski definition) is 7. The van der Waals surface area contributed by atoms with Gasteiger partial charge in [-0.3, -0.25) is 9.10 Å². The van der Waals surface area contributed by atoms with Crippen LogP contribution in [0.4, 0.5) is 15.8 Å². The van der Waals surface area contributed by atoms with Crippen molar-refractivity contribution < 1.29 is 22.3 Å². The number of thioether (sulfide) groups is 1. The maximum atomic E-state index is 13.8. The second kappa shape index (κ2) is 10.2. The van der Waals surface area contributed by atoms with Gasteiger partial charge in [0.2, 0.25) is 5.91 Å². The molecule has 0 saturated carbocycles. The third-order valence-electron chi connectivity index (χ3n) is 5.66. The number of carbonyl (C=O) groups is 1. The van der Waals surface area contributed by atoms with E-state index in [-0.39, 0.29) is 34.0 Å². The van der Waals surface area contributed by atoms with E-state index in [9.17, 15) is 17.6 Å². The second-order valence-corrected chi connectivity index (χ2v) is 10.8. The lowest BCUT2D eigenvalue weighted by atomic mass is 10.1. The minimum atomic E-state index is -4.02. The fourth-order valence-corrected chi connectivity index (χ4v) is 6.16. The number of nitrogens with one attached hydrogen (secondary N) is 1. The topological polar surface area (TPSA) is 101 Å². The summed E-state index contributed by atoms with van der Waals surface area (Å²) in [5.74, 6) is -0.183. The highest BCUT2D eigenvalue weighted by molar-refractivity contribution is 7.99. The average molecular weight is 537 g/mol. The zero-order chi connectivity index (χ0) is 26.0. The Labute approximate surface area is 217 Å². The maximum Gasteiger partial charge on any atom is 0.268 e. The van der Waals surface area contributed by atoms with Gasteiger partial charge in [-0.15, -0.1) is 0 Å². The molecule has 1 amide bonds. The first-order chi connectivity index (χ1) is 17.9. The molecule has 37 heavy (non-hydrogen) atoms. The van der Waals surface area contributed by atoms with Gasteiger partial charge in [0.1, 0.15) is 16.5 Å². The molecular weight excluding hydrogens is 515 g/mol. The monoisotopic (exact) mass is 536 g/mol. The van der Waals surface area contributed by atoms with Crippen LogP contribution in [0.25, 0.3) is 11.3 Å². The predicted molar refractivity (Wildman–Crippen MR) is 140 cm³/mol. The van der Waals surface area contributed by atoms with Crippen molar-refractivity contribution in [2.75, 3.05) is 22.5 Å². The van der Waals surface area contributed by atoms with Crippen molar-refractivity contribution in [1.29, 1.82) is 0 Å². The number of anilines is 2. The smallest absolute Gasteiger partial charge is 0.268 e. The van der Waals surface area contributed by atoms with Crippen molar-refractivity contribution in [1.82, 2.24) is 9.97 Å². The lowest BCUT2D eigenvalue weighted by Crippen LogP contribution is -2.34. The largest absolute Gasteiger partial charge is 0.495 e. The van der Waals surface area contributed by atoms with Gasteiger partial charge in [-0.25, -0.2) is 22.8 Å². The van der Waals surface area contributed by atoms with Gasteiger partial charge in [0.15, 0.2) is 5.16 Å². The predicted octanol–water partition coefficient (Wildman–Crippen LogP) is 4.73. The molecule has 1 aliphatic heterocycles. The van der Waals surface area contributed by atoms with Gasteiger partial charge < -0.3 is 10.1 Å². The summed E-state index contributed by atoms with van der Waals surface area (Å²) in [7, 11) is -2.50. The summed E-state index contributed by atoms with van der Waals surface area (Å²) >= 11 is 1.09. The molecule has 0 unspecified atom stereocenters. The van der Waals surface area contributed by atoms with Gasteiger partial charge in [0.05, 0.1) is 42.7 Å². The number of benzene rings is 3. The van der Waals surface area contributed by atoms with Gasteiger partial charge in [-0.1, -0.05) is 54.2 Å². The molecule has 8 nitrogen and oxygen atoms in total. The van der Waals surface area contributed by atoms with E-state index in [0.29, 0.717) is 28.3 Å². The Balaban J connectivity index is 1.41. The maximum absolute atomic E-state index is 13.8. The van der Waals surface area contributed by atoms with Crippen LogP contribution < -0.4 is 14.4 Å². The highest BCUT2D eigenvalue weighted by atomic mass is 32.2. The fourth-order valence-electron chi connectivity index (χ4n) is 3.98. The van der Waals surface area contributed by atoms with Crippen LogP contribution in [0, 0.1) is 5.82 Å². The number of methoxy groups -OCH3 is 1. The van der Waals surface area contributed by atoms with E-state index in [1.807, 2.05) is 0 Å². The summed E-state index contributed by atoms with van der Waals surface area (Å²) in [6.45, 7) is -0.0455. The first-order valence-electron chi connectivity index (χ1n) is 11.2. The van der Waals surface area contributed by atoms with Gasteiger partial charge in [0, 0.05) is 5.56 Å². The molecule has 0 spiro atoms. The van der Waals surface area contributed by atoms with E-state index in [0.717, 1.165) is 11.8 Å². The van der Waals surface area contributed by atoms with Crippen molar-refractivity contribution in [2.24, 2.45) is 0 Å². The minimum absolute atomic E-state index is 0.0108. The third-order valence-corrected chi connectivity index (χ3v) is 8.28. The number of amides is 1. The van der Waals surface area contributed by atoms with E-state index >= 15 is 0 Å². The van der Waals surface area contributed by atoms with Crippen LogP contribution in [0.2, 0.25) is 0 Å². The Morgan fingerprint density at radius 1 is 1.08 bits per heavy atom. The number of carbonyl (C=O) groups excluding carboxylic acids is 1. The first kappa shape index (κ1) is 24.7. The number of ether oxygens (including phenoxy) is 1. The Kier molecular flexibility index (Phi) is 6.81. The van der Waals surface area contributed by atoms with E-state index in [2.05, 4.69) is 15.3 Å². The number of para-hydroxylation sites is 3. The van der Waals surface area contributed by atoms with E-state index in [1.54, 1.807) is 54.6 Å². The number of rotatable bonds is 7. The lowest BCUT2D eigenvalue weighted by molar-refractivity contribution is -0.113. The highest BCUT2D eigenvalue weighted by Crippen LogP contribution is 2.42. The van der Waals surface area contributed by atoms with Crippen LogP contribution >= 0.6 is 11.8 Å². The Bertz CT molecular complexity index is 1600. The molecule has 0 bridgehead atoms. The Hall–Kier alpha value is -3.96. The third kappa shape index (κ3) is 5.00. The lowest BCUT2D eigenvalue weighted by Gasteiger charge is -2.31. The van der Waals surface area contributed by atoms with Crippen LogP contribution in [-0.4, -0.2) is 37.2 Å². The zero-order valence-corrected chi connectivity index (χ0v) is 21.2. The van der Waals surface area contributed by atoms with Crippen molar-refractivity contribution >= 4 is 39.1 Å². The molecule has 1 N–H and O–H groups in total. The summed E-state index contributed by atoms with van der Waals surface area (Å²) in [5, 5.41) is 3.05. The number of sulfonamides is 1. The SMILES string of the molecule is COc1ccccc1NC(=O)CSc1ncc2c(n1)-c1ccccc1N(Cc1cccc(F)c1)S2(=O)=O. The number of aromatic nitrogens is 2. The van der Waals surface area contributed by atoms with Crippen LogP contribution in [0.3, 0.4) is 0 Å². The fraction of sp³-hybridized carbons (Fsp3) is 0.115. The molecule has 2 heterocycles. The molecule has 5 rings (SSSR count). The normalized spacial score (nSPS) is 13.4. The molecule has 0 aliphatic carbocycles. The van der Waals surface area contributed by atoms with E-state index in [4.69, 9.17) is 4.74 Å². The minimum Gasteiger partial charge on any atom is -0.495 e. The molecule has 3 aromatic carbocycles. The molecule has 11 heteroatoms. The summed E-state index contributed by atoms with van der Waals surface area (Å²) in [4.78, 5) is 21.2. The summed E-state index contributed by atoms with van der Waals surface area (Å²) in [5.41, 5.74) is 2.35. The van der Waals surface area contributed by atoms with E-state index < -0.39 is 15.8 Å². The number of fused-ring (bicyclic) bond motifs is 3. The average Bonchev–Trinajstić information content (AvgIpc) is 2.90. The van der Waals surface area contributed by atoms with Gasteiger partial charge in [-0.2, -0.15) is 0 Å². The summed E-state index contributed by atoms with van der Waals surface area (Å²) in [6.07, 6.45) is 1.26. The van der Waals surface area contributed by atoms with E-state index in [1.165, 1.54) is 35.8 Å². The zero-order valence-electron chi connectivity index (χ0n) is 19.6. The van der Waals surface area contributed by atoms with Crippen LogP contribution in [-0.2, 0) is 21.4 Å². The Morgan fingerprint density at radius 3 is 2.68 bits per heavy atom. The number of hydrogen-bond donors (Lipinski definition) is 1. The molecule has 4 aromatic rings. The van der Waals surface area contributed by atoms with Crippen LogP contribution in [0.5, 0.6) is 5.75 Å². The summed E-state index contributed by atoms with van der Waals surface area (Å²) < 4.78 is 47.4. The molecule has 0 fully saturated rings. The molecule has 1 aromatic heterocycles. The highest BCUT2D eigenvalue weighted by Gasteiger charge is 2.36. The van der Waals surface area contributed by atoms with Crippen molar-refractivity contribution in [3.63, 3.8) is 0 Å². The molecule has 0 radical (unpaired) electrons. The molecule has 1 aliphatic rings. The van der Waals surface area contributed by atoms with Crippen LogP contribution in [0.1, 0.15) is 5.56 Å². The quantitative estimate of drug-likeness (QED) is 0.269. The molecule has 0 saturated heterocycles. The molecule has 0 atom stereocenters. The van der Waals surface area contributed by atoms with Gasteiger partial charge >= 0.3 is 0 Å².